The molecule has 0 aliphatic rings. The van der Waals surface area contributed by atoms with Gasteiger partial charge in [0.2, 0.25) is 0 Å². The number of rotatable bonds is 7. The Morgan fingerprint density at radius 1 is 1.03 bits per heavy atom. The average Bonchev–Trinajstić information content (AvgIpc) is 3.29. The topological polar surface area (TPSA) is 60.2 Å². The van der Waals surface area contributed by atoms with Gasteiger partial charge in [-0.15, -0.1) is 0 Å². The van der Waals surface area contributed by atoms with E-state index in [1.807, 2.05) is 42.5 Å². The van der Waals surface area contributed by atoms with Crippen LogP contribution < -0.4 is 10.1 Å². The molecule has 5 nitrogen and oxygen atoms in total. The van der Waals surface area contributed by atoms with Crippen LogP contribution in [0, 0.1) is 0 Å². The summed E-state index contributed by atoms with van der Waals surface area (Å²) in [5.41, 5.74) is 5.12. The van der Waals surface area contributed by atoms with E-state index in [0.717, 1.165) is 34.1 Å². The van der Waals surface area contributed by atoms with Crippen LogP contribution in [0.3, 0.4) is 0 Å². The van der Waals surface area contributed by atoms with E-state index in [4.69, 9.17) is 9.15 Å². The van der Waals surface area contributed by atoms with Crippen molar-refractivity contribution in [1.29, 1.82) is 0 Å². The van der Waals surface area contributed by atoms with Gasteiger partial charge in [-0.05, 0) is 53.9 Å². The minimum Gasteiger partial charge on any atom is -0.487 e. The summed E-state index contributed by atoms with van der Waals surface area (Å²) in [5, 5.41) is 3.53. The van der Waals surface area contributed by atoms with Crippen molar-refractivity contribution in [2.45, 2.75) is 26.4 Å². The largest absolute Gasteiger partial charge is 0.487 e. The number of pyridine rings is 1. The van der Waals surface area contributed by atoms with Crippen molar-refractivity contribution in [1.82, 2.24) is 9.97 Å². The third kappa shape index (κ3) is 4.63. The molecule has 0 fully saturated rings. The number of nitrogens with one attached hydrogen (secondary N) is 1. The normalized spacial score (nSPS) is 10.9. The van der Waals surface area contributed by atoms with Crippen LogP contribution >= 0.6 is 0 Å². The smallest absolute Gasteiger partial charge is 0.181 e. The molecular formula is C24H23N3O2. The Balaban J connectivity index is 1.53. The molecule has 2 aromatic heterocycles. The number of anilines is 2. The lowest BCUT2D eigenvalue weighted by molar-refractivity contribution is 0.301. The van der Waals surface area contributed by atoms with E-state index in [0.29, 0.717) is 12.5 Å². The highest BCUT2D eigenvalue weighted by atomic mass is 16.5. The fourth-order valence-electron chi connectivity index (χ4n) is 3.13. The Morgan fingerprint density at radius 3 is 2.72 bits per heavy atom. The number of aromatic nitrogens is 2. The molecule has 0 spiro atoms. The molecule has 0 unspecified atom stereocenters. The quantitative estimate of drug-likeness (QED) is 0.411. The van der Waals surface area contributed by atoms with Crippen molar-refractivity contribution in [3.63, 3.8) is 0 Å². The molecule has 4 aromatic rings. The van der Waals surface area contributed by atoms with Crippen LogP contribution in [0.4, 0.5) is 11.4 Å². The number of hydrogen-bond donors (Lipinski definition) is 1. The maximum absolute atomic E-state index is 5.95. The van der Waals surface area contributed by atoms with Crippen molar-refractivity contribution in [2.75, 3.05) is 5.32 Å². The monoisotopic (exact) mass is 385 g/mol. The summed E-state index contributed by atoms with van der Waals surface area (Å²) in [6.07, 6.45) is 4.93. The van der Waals surface area contributed by atoms with Crippen molar-refractivity contribution in [3.8, 4) is 17.1 Å². The highest BCUT2D eigenvalue weighted by Crippen LogP contribution is 2.32. The Kier molecular flexibility index (Phi) is 5.56. The standard InChI is InChI=1S/C24H23N3O2/c1-17(2)22-13-21(28-15-20-7-3-4-11-26-20)9-10-23(22)27-19-8-5-6-18(12-19)24-14-25-16-29-24/h3-14,16-17,27H,15H2,1-2H3. The fraction of sp³-hybridized carbons (Fsp3) is 0.167. The Morgan fingerprint density at radius 2 is 1.97 bits per heavy atom. The Bertz CT molecular complexity index is 1060. The van der Waals surface area contributed by atoms with Crippen LogP contribution in [0.25, 0.3) is 11.3 Å². The first-order chi connectivity index (χ1) is 14.2. The first kappa shape index (κ1) is 18.7. The molecule has 0 saturated carbocycles. The number of nitrogens with zero attached hydrogens (tertiary/aromatic N) is 2. The van der Waals surface area contributed by atoms with Gasteiger partial charge in [0.1, 0.15) is 12.4 Å². The highest BCUT2D eigenvalue weighted by Gasteiger charge is 2.10. The van der Waals surface area contributed by atoms with Gasteiger partial charge in [-0.25, -0.2) is 4.98 Å². The van der Waals surface area contributed by atoms with Gasteiger partial charge in [0.15, 0.2) is 12.2 Å². The Hall–Kier alpha value is -3.60. The van der Waals surface area contributed by atoms with Crippen LogP contribution in [-0.4, -0.2) is 9.97 Å². The lowest BCUT2D eigenvalue weighted by Crippen LogP contribution is -2.01. The maximum atomic E-state index is 5.95. The van der Waals surface area contributed by atoms with E-state index >= 15 is 0 Å². The van der Waals surface area contributed by atoms with Gasteiger partial charge in [-0.3, -0.25) is 4.98 Å². The zero-order valence-electron chi connectivity index (χ0n) is 16.5. The lowest BCUT2D eigenvalue weighted by atomic mass is 10.0. The summed E-state index contributed by atoms with van der Waals surface area (Å²) < 4.78 is 11.4. The molecule has 0 atom stereocenters. The van der Waals surface area contributed by atoms with Gasteiger partial charge in [-0.2, -0.15) is 0 Å². The summed E-state index contributed by atoms with van der Waals surface area (Å²) >= 11 is 0. The van der Waals surface area contributed by atoms with Crippen LogP contribution in [0.15, 0.2) is 83.9 Å². The molecule has 5 heteroatoms. The number of oxazole rings is 1. The Labute approximate surface area is 170 Å². The van der Waals surface area contributed by atoms with Crippen LogP contribution in [0.1, 0.15) is 31.0 Å². The molecule has 0 amide bonds. The summed E-state index contributed by atoms with van der Waals surface area (Å²) in [5.74, 6) is 1.92. The van der Waals surface area contributed by atoms with E-state index in [9.17, 15) is 0 Å². The van der Waals surface area contributed by atoms with Gasteiger partial charge >= 0.3 is 0 Å². The molecule has 0 aliphatic heterocycles. The molecule has 0 saturated heterocycles. The number of benzene rings is 2. The predicted octanol–water partition coefficient (Wildman–Crippen LogP) is 6.18. The number of ether oxygens (including phenoxy) is 1. The molecule has 2 aromatic carbocycles. The van der Waals surface area contributed by atoms with Gasteiger partial charge in [0.25, 0.3) is 0 Å². The molecule has 4 rings (SSSR count). The van der Waals surface area contributed by atoms with Crippen LogP contribution in [0.5, 0.6) is 5.75 Å². The van der Waals surface area contributed by atoms with Crippen LogP contribution in [0.2, 0.25) is 0 Å². The predicted molar refractivity (Wildman–Crippen MR) is 114 cm³/mol. The second-order valence-electron chi connectivity index (χ2n) is 7.08. The summed E-state index contributed by atoms with van der Waals surface area (Å²) in [4.78, 5) is 8.30. The van der Waals surface area contributed by atoms with Gasteiger partial charge in [-0.1, -0.05) is 32.0 Å². The minimum absolute atomic E-state index is 0.341. The van der Waals surface area contributed by atoms with Crippen molar-refractivity contribution >= 4 is 11.4 Å². The molecular weight excluding hydrogens is 362 g/mol. The van der Waals surface area contributed by atoms with E-state index < -0.39 is 0 Å². The fourth-order valence-corrected chi connectivity index (χ4v) is 3.13. The summed E-state index contributed by atoms with van der Waals surface area (Å²) in [7, 11) is 0. The molecule has 29 heavy (non-hydrogen) atoms. The van der Waals surface area contributed by atoms with Crippen molar-refractivity contribution in [2.24, 2.45) is 0 Å². The van der Waals surface area contributed by atoms with E-state index in [2.05, 4.69) is 47.3 Å². The van der Waals surface area contributed by atoms with Gasteiger partial charge in [0.05, 0.1) is 11.9 Å². The third-order valence-electron chi connectivity index (χ3n) is 4.62. The second kappa shape index (κ2) is 8.61. The molecule has 146 valence electrons. The average molecular weight is 385 g/mol. The molecule has 0 aliphatic carbocycles. The molecule has 2 heterocycles. The highest BCUT2D eigenvalue weighted by molar-refractivity contribution is 5.70. The summed E-state index contributed by atoms with van der Waals surface area (Å²) in [6, 6.07) is 20.1. The van der Waals surface area contributed by atoms with Crippen LogP contribution in [-0.2, 0) is 6.61 Å². The first-order valence-electron chi connectivity index (χ1n) is 9.61. The second-order valence-corrected chi connectivity index (χ2v) is 7.08. The SMILES string of the molecule is CC(C)c1cc(OCc2ccccn2)ccc1Nc1cccc(-c2cnco2)c1. The van der Waals surface area contributed by atoms with Crippen molar-refractivity contribution in [3.05, 3.63) is 90.7 Å². The van der Waals surface area contributed by atoms with Gasteiger partial charge < -0.3 is 14.5 Å². The zero-order chi connectivity index (χ0) is 20.1. The third-order valence-corrected chi connectivity index (χ3v) is 4.62. The lowest BCUT2D eigenvalue weighted by Gasteiger charge is -2.17. The van der Waals surface area contributed by atoms with Gasteiger partial charge in [0, 0.05) is 23.1 Å². The maximum Gasteiger partial charge on any atom is 0.181 e. The first-order valence-corrected chi connectivity index (χ1v) is 9.61. The molecule has 0 bridgehead atoms. The number of hydrogen-bond acceptors (Lipinski definition) is 5. The minimum atomic E-state index is 0.341. The van der Waals surface area contributed by atoms with E-state index in [1.54, 1.807) is 12.4 Å². The van der Waals surface area contributed by atoms with E-state index in [-0.39, 0.29) is 0 Å². The van der Waals surface area contributed by atoms with E-state index in [1.165, 1.54) is 12.0 Å². The van der Waals surface area contributed by atoms with Crippen molar-refractivity contribution < 1.29 is 9.15 Å². The summed E-state index contributed by atoms with van der Waals surface area (Å²) in [6.45, 7) is 4.80. The molecule has 1 N–H and O–H groups in total. The zero-order valence-corrected chi connectivity index (χ0v) is 16.5. The molecule has 0 radical (unpaired) electrons.